The molecule has 0 aromatic carbocycles. The van der Waals surface area contributed by atoms with E-state index >= 15 is 0 Å². The summed E-state index contributed by atoms with van der Waals surface area (Å²) in [5, 5.41) is 3.72. The maximum absolute atomic E-state index is 5.92. The van der Waals surface area contributed by atoms with Gasteiger partial charge in [0, 0.05) is 12.1 Å². The molecule has 1 saturated carbocycles. The van der Waals surface area contributed by atoms with E-state index in [9.17, 15) is 0 Å². The summed E-state index contributed by atoms with van der Waals surface area (Å²) in [6.45, 7) is 7.30. The normalized spacial score (nSPS) is 33.4. The smallest absolute Gasteiger partial charge is 0.00824 e. The lowest BCUT2D eigenvalue weighted by Gasteiger charge is -2.31. The number of hydrogen-bond acceptors (Lipinski definition) is 3. The molecule has 0 aromatic rings. The van der Waals surface area contributed by atoms with E-state index in [4.69, 9.17) is 5.73 Å². The zero-order valence-corrected chi connectivity index (χ0v) is 10.6. The maximum atomic E-state index is 5.92. The van der Waals surface area contributed by atoms with Crippen LogP contribution in [0.1, 0.15) is 39.0 Å². The molecule has 0 bridgehead atoms. The molecule has 0 radical (unpaired) electrons. The van der Waals surface area contributed by atoms with Crippen molar-refractivity contribution in [3.8, 4) is 0 Å². The van der Waals surface area contributed by atoms with Crippen LogP contribution in [0.25, 0.3) is 0 Å². The van der Waals surface area contributed by atoms with E-state index < -0.39 is 0 Å². The molecule has 16 heavy (non-hydrogen) atoms. The van der Waals surface area contributed by atoms with Crippen molar-refractivity contribution in [2.75, 3.05) is 26.2 Å². The molecule has 3 nitrogen and oxygen atoms in total. The number of hydrogen-bond donors (Lipinski definition) is 2. The highest BCUT2D eigenvalue weighted by Crippen LogP contribution is 2.20. The van der Waals surface area contributed by atoms with Gasteiger partial charge in [-0.05, 0) is 64.2 Å². The van der Waals surface area contributed by atoms with Crippen molar-refractivity contribution in [1.29, 1.82) is 0 Å². The predicted molar refractivity (Wildman–Crippen MR) is 68.5 cm³/mol. The van der Waals surface area contributed by atoms with Crippen LogP contribution in [-0.2, 0) is 0 Å². The fourth-order valence-corrected chi connectivity index (χ4v) is 3.04. The van der Waals surface area contributed by atoms with Crippen LogP contribution in [0.5, 0.6) is 0 Å². The lowest BCUT2D eigenvalue weighted by Crippen LogP contribution is -2.39. The molecule has 3 N–H and O–H groups in total. The minimum absolute atomic E-state index is 0.458. The van der Waals surface area contributed by atoms with Crippen LogP contribution in [0.2, 0.25) is 0 Å². The van der Waals surface area contributed by atoms with E-state index in [0.717, 1.165) is 5.92 Å². The molecule has 1 saturated heterocycles. The monoisotopic (exact) mass is 225 g/mol. The standard InChI is InChI=1S/C13H27N3/c1-2-16-7-5-11(6-8-16)10-15-13-4-3-12(14)9-13/h11-13,15H,2-10,14H2,1H3. The molecule has 2 fully saturated rings. The Morgan fingerprint density at radius 1 is 1.19 bits per heavy atom. The molecule has 3 heteroatoms. The van der Waals surface area contributed by atoms with E-state index in [2.05, 4.69) is 17.1 Å². The Morgan fingerprint density at radius 2 is 1.94 bits per heavy atom. The zero-order chi connectivity index (χ0) is 11.4. The maximum Gasteiger partial charge on any atom is 0.00824 e. The van der Waals surface area contributed by atoms with Gasteiger partial charge in [-0.3, -0.25) is 0 Å². The summed E-state index contributed by atoms with van der Waals surface area (Å²) in [4.78, 5) is 2.56. The first kappa shape index (κ1) is 12.3. The van der Waals surface area contributed by atoms with Gasteiger partial charge in [-0.15, -0.1) is 0 Å². The molecule has 0 spiro atoms. The fraction of sp³-hybridized carbons (Fsp3) is 1.00. The summed E-state index contributed by atoms with van der Waals surface area (Å²) in [7, 11) is 0. The molecule has 0 aromatic heterocycles. The minimum Gasteiger partial charge on any atom is -0.328 e. The largest absolute Gasteiger partial charge is 0.328 e. The van der Waals surface area contributed by atoms with Crippen LogP contribution in [0.3, 0.4) is 0 Å². The van der Waals surface area contributed by atoms with Crippen molar-refractivity contribution in [2.45, 2.75) is 51.1 Å². The fourth-order valence-electron chi connectivity index (χ4n) is 3.04. The zero-order valence-electron chi connectivity index (χ0n) is 10.6. The average molecular weight is 225 g/mol. The molecule has 94 valence electrons. The van der Waals surface area contributed by atoms with Crippen LogP contribution in [0.15, 0.2) is 0 Å². The third kappa shape index (κ3) is 3.44. The Labute approximate surface area is 99.8 Å². The van der Waals surface area contributed by atoms with Crippen molar-refractivity contribution >= 4 is 0 Å². The summed E-state index contributed by atoms with van der Waals surface area (Å²) < 4.78 is 0. The molecule has 2 rings (SSSR count). The van der Waals surface area contributed by atoms with Gasteiger partial charge in [0.2, 0.25) is 0 Å². The molecule has 1 heterocycles. The highest BCUT2D eigenvalue weighted by atomic mass is 15.1. The van der Waals surface area contributed by atoms with Gasteiger partial charge < -0.3 is 16.0 Å². The Hall–Kier alpha value is -0.120. The average Bonchev–Trinajstić information content (AvgIpc) is 2.73. The van der Waals surface area contributed by atoms with E-state index in [0.29, 0.717) is 12.1 Å². The summed E-state index contributed by atoms with van der Waals surface area (Å²) in [6, 6.07) is 1.17. The van der Waals surface area contributed by atoms with Crippen LogP contribution >= 0.6 is 0 Å². The first-order chi connectivity index (χ1) is 7.78. The predicted octanol–water partition coefficient (Wildman–Crippen LogP) is 1.19. The summed E-state index contributed by atoms with van der Waals surface area (Å²) >= 11 is 0. The van der Waals surface area contributed by atoms with Crippen LogP contribution < -0.4 is 11.1 Å². The van der Waals surface area contributed by atoms with Gasteiger partial charge in [-0.1, -0.05) is 6.92 Å². The second-order valence-electron chi connectivity index (χ2n) is 5.56. The first-order valence-electron chi connectivity index (χ1n) is 6.99. The van der Waals surface area contributed by atoms with Crippen molar-refractivity contribution in [2.24, 2.45) is 11.7 Å². The molecule has 1 aliphatic heterocycles. The van der Waals surface area contributed by atoms with Crippen molar-refractivity contribution in [1.82, 2.24) is 10.2 Å². The number of likely N-dealkylation sites (tertiary alicyclic amines) is 1. The van der Waals surface area contributed by atoms with Gasteiger partial charge in [-0.25, -0.2) is 0 Å². The van der Waals surface area contributed by atoms with E-state index in [-0.39, 0.29) is 0 Å². The van der Waals surface area contributed by atoms with Crippen molar-refractivity contribution in [3.63, 3.8) is 0 Å². The first-order valence-corrected chi connectivity index (χ1v) is 6.99. The third-order valence-corrected chi connectivity index (χ3v) is 4.32. The third-order valence-electron chi connectivity index (χ3n) is 4.32. The van der Waals surface area contributed by atoms with Crippen LogP contribution in [0.4, 0.5) is 0 Å². The van der Waals surface area contributed by atoms with Gasteiger partial charge in [0.25, 0.3) is 0 Å². The lowest BCUT2D eigenvalue weighted by molar-refractivity contribution is 0.187. The minimum atomic E-state index is 0.458. The summed E-state index contributed by atoms with van der Waals surface area (Å²) in [5.74, 6) is 0.902. The quantitative estimate of drug-likeness (QED) is 0.755. The number of piperidine rings is 1. The van der Waals surface area contributed by atoms with E-state index in [1.54, 1.807) is 0 Å². The van der Waals surface area contributed by atoms with Crippen molar-refractivity contribution < 1.29 is 0 Å². The van der Waals surface area contributed by atoms with E-state index in [1.807, 2.05) is 0 Å². The molecule has 2 atom stereocenters. The molecule has 1 aliphatic carbocycles. The molecule has 2 unspecified atom stereocenters. The van der Waals surface area contributed by atoms with Crippen molar-refractivity contribution in [3.05, 3.63) is 0 Å². The molecule has 2 aliphatic rings. The van der Waals surface area contributed by atoms with Gasteiger partial charge >= 0.3 is 0 Å². The Balaban J connectivity index is 1.60. The molecule has 0 amide bonds. The van der Waals surface area contributed by atoms with Crippen LogP contribution in [-0.4, -0.2) is 43.2 Å². The molecular formula is C13H27N3. The summed E-state index contributed by atoms with van der Waals surface area (Å²) in [5.41, 5.74) is 5.92. The molecular weight excluding hydrogens is 198 g/mol. The number of rotatable bonds is 4. The Morgan fingerprint density at radius 3 is 2.50 bits per heavy atom. The summed E-state index contributed by atoms with van der Waals surface area (Å²) in [6.07, 6.45) is 6.44. The highest BCUT2D eigenvalue weighted by molar-refractivity contribution is 4.84. The SMILES string of the molecule is CCN1CCC(CNC2CCC(N)C2)CC1. The second kappa shape index (κ2) is 5.99. The van der Waals surface area contributed by atoms with Gasteiger partial charge in [-0.2, -0.15) is 0 Å². The van der Waals surface area contributed by atoms with Gasteiger partial charge in [0.15, 0.2) is 0 Å². The Kier molecular flexibility index (Phi) is 4.62. The second-order valence-corrected chi connectivity index (χ2v) is 5.56. The highest BCUT2D eigenvalue weighted by Gasteiger charge is 2.23. The number of nitrogens with one attached hydrogen (secondary N) is 1. The Bertz CT molecular complexity index is 199. The van der Waals surface area contributed by atoms with Gasteiger partial charge in [0.05, 0.1) is 0 Å². The van der Waals surface area contributed by atoms with Gasteiger partial charge in [0.1, 0.15) is 0 Å². The topological polar surface area (TPSA) is 41.3 Å². The van der Waals surface area contributed by atoms with E-state index in [1.165, 1.54) is 58.3 Å². The number of nitrogens with zero attached hydrogens (tertiary/aromatic N) is 1. The van der Waals surface area contributed by atoms with Crippen LogP contribution in [0, 0.1) is 5.92 Å². The number of nitrogens with two attached hydrogens (primary N) is 1. The lowest BCUT2D eigenvalue weighted by atomic mass is 9.96.